The minimum Gasteiger partial charge on any atom is -0.468 e. The van der Waals surface area contributed by atoms with Gasteiger partial charge in [0.05, 0.1) is 5.60 Å². The van der Waals surface area contributed by atoms with E-state index >= 15 is 0 Å². The Morgan fingerprint density at radius 2 is 1.69 bits per heavy atom. The van der Waals surface area contributed by atoms with Crippen LogP contribution in [-0.4, -0.2) is 12.4 Å². The second kappa shape index (κ2) is 4.28. The molecule has 0 unspecified atom stereocenters. The maximum atomic E-state index is 5.41. The lowest BCUT2D eigenvalue weighted by Crippen LogP contribution is -2.21. The van der Waals surface area contributed by atoms with Crippen molar-refractivity contribution in [1.29, 1.82) is 0 Å². The van der Waals surface area contributed by atoms with E-state index in [9.17, 15) is 0 Å². The molecule has 0 aromatic heterocycles. The van der Waals surface area contributed by atoms with Gasteiger partial charge in [-0.2, -0.15) is 0 Å². The summed E-state index contributed by atoms with van der Waals surface area (Å²) < 4.78 is 10.8. The fraction of sp³-hybridized carbons (Fsp3) is 0.455. The first-order chi connectivity index (χ1) is 6.08. The number of ether oxygens (including phenoxy) is 2. The Morgan fingerprint density at radius 1 is 1.08 bits per heavy atom. The molecule has 1 aromatic rings. The molecule has 2 heteroatoms. The topological polar surface area (TPSA) is 18.5 Å². The molecular formula is C11H16O2. The average molecular weight is 180 g/mol. The van der Waals surface area contributed by atoms with Crippen molar-refractivity contribution in [3.05, 3.63) is 30.3 Å². The van der Waals surface area contributed by atoms with E-state index in [2.05, 4.69) is 0 Å². The minimum atomic E-state index is -0.144. The molecule has 0 radical (unpaired) electrons. The van der Waals surface area contributed by atoms with Gasteiger partial charge in [0.25, 0.3) is 0 Å². The van der Waals surface area contributed by atoms with Gasteiger partial charge >= 0.3 is 0 Å². The summed E-state index contributed by atoms with van der Waals surface area (Å²) in [6.45, 7) is 6.30. The van der Waals surface area contributed by atoms with Crippen LogP contribution in [0.2, 0.25) is 0 Å². The zero-order chi connectivity index (χ0) is 9.73. The fourth-order valence-electron chi connectivity index (χ4n) is 0.791. The quantitative estimate of drug-likeness (QED) is 0.666. The Hall–Kier alpha value is -1.02. The van der Waals surface area contributed by atoms with Crippen molar-refractivity contribution in [3.63, 3.8) is 0 Å². The highest BCUT2D eigenvalue weighted by Crippen LogP contribution is 2.11. The van der Waals surface area contributed by atoms with Gasteiger partial charge in [-0.3, -0.25) is 0 Å². The van der Waals surface area contributed by atoms with E-state index in [0.29, 0.717) is 6.79 Å². The third-order valence-electron chi connectivity index (χ3n) is 1.46. The van der Waals surface area contributed by atoms with Gasteiger partial charge in [0.2, 0.25) is 0 Å². The Bertz CT molecular complexity index is 236. The lowest BCUT2D eigenvalue weighted by Gasteiger charge is -2.19. The molecule has 0 aliphatic heterocycles. The number of para-hydroxylation sites is 1. The molecule has 0 saturated carbocycles. The van der Waals surface area contributed by atoms with Gasteiger partial charge in [0.15, 0.2) is 6.79 Å². The summed E-state index contributed by atoms with van der Waals surface area (Å²) in [7, 11) is 0. The van der Waals surface area contributed by atoms with Gasteiger partial charge in [-0.1, -0.05) is 18.2 Å². The number of benzene rings is 1. The molecule has 72 valence electrons. The van der Waals surface area contributed by atoms with E-state index in [1.165, 1.54) is 0 Å². The molecule has 0 atom stereocenters. The molecule has 0 N–H and O–H groups in total. The van der Waals surface area contributed by atoms with Crippen LogP contribution < -0.4 is 4.74 Å². The standard InChI is InChI=1S/C11H16O2/c1-11(2,3)13-9-12-10-7-5-4-6-8-10/h4-8H,9H2,1-3H3. The van der Waals surface area contributed by atoms with Gasteiger partial charge in [0, 0.05) is 0 Å². The van der Waals surface area contributed by atoms with Gasteiger partial charge in [-0.25, -0.2) is 0 Å². The van der Waals surface area contributed by atoms with Crippen LogP contribution in [0.1, 0.15) is 20.8 Å². The molecule has 0 saturated heterocycles. The molecular weight excluding hydrogens is 164 g/mol. The summed E-state index contributed by atoms with van der Waals surface area (Å²) in [6, 6.07) is 9.65. The van der Waals surface area contributed by atoms with E-state index in [1.807, 2.05) is 51.1 Å². The molecule has 1 aromatic carbocycles. The normalized spacial score (nSPS) is 11.3. The zero-order valence-corrected chi connectivity index (χ0v) is 8.41. The SMILES string of the molecule is CC(C)(C)OCOc1ccccc1. The summed E-state index contributed by atoms with van der Waals surface area (Å²) >= 11 is 0. The number of hydrogen-bond donors (Lipinski definition) is 0. The van der Waals surface area contributed by atoms with Gasteiger partial charge in [-0.05, 0) is 32.9 Å². The molecule has 1 rings (SSSR count). The third-order valence-corrected chi connectivity index (χ3v) is 1.46. The average Bonchev–Trinajstić information content (AvgIpc) is 2.04. The molecule has 0 aliphatic rings. The van der Waals surface area contributed by atoms with Gasteiger partial charge < -0.3 is 9.47 Å². The minimum absolute atomic E-state index is 0.144. The lowest BCUT2D eigenvalue weighted by atomic mass is 10.2. The third kappa shape index (κ3) is 4.53. The first-order valence-electron chi connectivity index (χ1n) is 4.40. The van der Waals surface area contributed by atoms with Crippen LogP contribution in [0.25, 0.3) is 0 Å². The van der Waals surface area contributed by atoms with E-state index in [-0.39, 0.29) is 5.60 Å². The Kier molecular flexibility index (Phi) is 3.32. The first-order valence-corrected chi connectivity index (χ1v) is 4.40. The smallest absolute Gasteiger partial charge is 0.189 e. The molecule has 0 aliphatic carbocycles. The Labute approximate surface area is 79.5 Å². The Morgan fingerprint density at radius 3 is 2.23 bits per heavy atom. The van der Waals surface area contributed by atoms with E-state index in [0.717, 1.165) is 5.75 Å². The van der Waals surface area contributed by atoms with Gasteiger partial charge in [-0.15, -0.1) is 0 Å². The molecule has 0 fully saturated rings. The Balaban J connectivity index is 2.29. The van der Waals surface area contributed by atoms with Crippen LogP contribution >= 0.6 is 0 Å². The highest BCUT2D eigenvalue weighted by Gasteiger charge is 2.09. The molecule has 0 amide bonds. The van der Waals surface area contributed by atoms with Crippen LogP contribution in [0, 0.1) is 0 Å². The van der Waals surface area contributed by atoms with Crippen LogP contribution in [0.4, 0.5) is 0 Å². The van der Waals surface area contributed by atoms with Gasteiger partial charge in [0.1, 0.15) is 5.75 Å². The molecule has 0 spiro atoms. The summed E-state index contributed by atoms with van der Waals surface area (Å²) in [5, 5.41) is 0. The molecule has 2 nitrogen and oxygen atoms in total. The predicted molar refractivity (Wildman–Crippen MR) is 52.8 cm³/mol. The maximum absolute atomic E-state index is 5.41. The summed E-state index contributed by atoms with van der Waals surface area (Å²) in [6.07, 6.45) is 0. The van der Waals surface area contributed by atoms with Crippen molar-refractivity contribution in [1.82, 2.24) is 0 Å². The van der Waals surface area contributed by atoms with Crippen molar-refractivity contribution < 1.29 is 9.47 Å². The van der Waals surface area contributed by atoms with E-state index < -0.39 is 0 Å². The first kappa shape index (κ1) is 10.1. The zero-order valence-electron chi connectivity index (χ0n) is 8.41. The highest BCUT2D eigenvalue weighted by atomic mass is 16.7. The maximum Gasteiger partial charge on any atom is 0.189 e. The second-order valence-electron chi connectivity index (χ2n) is 3.83. The van der Waals surface area contributed by atoms with Crippen molar-refractivity contribution >= 4 is 0 Å². The van der Waals surface area contributed by atoms with Crippen LogP contribution in [0.5, 0.6) is 5.75 Å². The van der Waals surface area contributed by atoms with Crippen molar-refractivity contribution in [3.8, 4) is 5.75 Å². The summed E-state index contributed by atoms with van der Waals surface area (Å²) in [4.78, 5) is 0. The summed E-state index contributed by atoms with van der Waals surface area (Å²) in [5.41, 5.74) is -0.144. The molecule has 0 heterocycles. The largest absolute Gasteiger partial charge is 0.468 e. The van der Waals surface area contributed by atoms with Crippen LogP contribution in [0.15, 0.2) is 30.3 Å². The number of rotatable bonds is 3. The van der Waals surface area contributed by atoms with Crippen molar-refractivity contribution in [2.45, 2.75) is 26.4 Å². The lowest BCUT2D eigenvalue weighted by molar-refractivity contribution is -0.0758. The molecule has 13 heavy (non-hydrogen) atoms. The summed E-state index contributed by atoms with van der Waals surface area (Å²) in [5.74, 6) is 0.840. The monoisotopic (exact) mass is 180 g/mol. The van der Waals surface area contributed by atoms with Crippen molar-refractivity contribution in [2.24, 2.45) is 0 Å². The number of hydrogen-bond acceptors (Lipinski definition) is 2. The fourth-order valence-corrected chi connectivity index (χ4v) is 0.791. The van der Waals surface area contributed by atoms with Crippen molar-refractivity contribution in [2.75, 3.05) is 6.79 Å². The second-order valence-corrected chi connectivity index (χ2v) is 3.83. The van der Waals surface area contributed by atoms with Crippen LogP contribution in [0.3, 0.4) is 0 Å². The van der Waals surface area contributed by atoms with E-state index in [1.54, 1.807) is 0 Å². The highest BCUT2D eigenvalue weighted by molar-refractivity contribution is 5.20. The molecule has 0 bridgehead atoms. The van der Waals surface area contributed by atoms with E-state index in [4.69, 9.17) is 9.47 Å². The van der Waals surface area contributed by atoms with Crippen LogP contribution in [-0.2, 0) is 4.74 Å². The predicted octanol–water partition coefficient (Wildman–Crippen LogP) is 2.84.